The normalized spacial score (nSPS) is 12.0. The van der Waals surface area contributed by atoms with Crippen molar-refractivity contribution < 1.29 is 18.0 Å². The number of nitrogens with one attached hydrogen (secondary N) is 1. The number of nitrogens with zero attached hydrogens (tertiary/aromatic N) is 2. The van der Waals surface area contributed by atoms with E-state index in [1.54, 1.807) is 26.0 Å². The summed E-state index contributed by atoms with van der Waals surface area (Å²) in [7, 11) is -4.19. The summed E-state index contributed by atoms with van der Waals surface area (Å²) in [6, 6.07) is 19.0. The molecule has 37 heavy (non-hydrogen) atoms. The number of rotatable bonds is 10. The number of likely N-dealkylation sites (N-methyl/N-ethyl adjacent to an activating group) is 1. The van der Waals surface area contributed by atoms with Crippen molar-refractivity contribution >= 4 is 50.7 Å². The second-order valence-electron chi connectivity index (χ2n) is 8.53. The van der Waals surface area contributed by atoms with E-state index in [1.165, 1.54) is 35.2 Å². The van der Waals surface area contributed by atoms with Crippen molar-refractivity contribution in [1.82, 2.24) is 10.2 Å². The van der Waals surface area contributed by atoms with E-state index in [-0.39, 0.29) is 33.1 Å². The Morgan fingerprint density at radius 3 is 2.11 bits per heavy atom. The zero-order valence-electron chi connectivity index (χ0n) is 20.8. The predicted molar refractivity (Wildman–Crippen MR) is 147 cm³/mol. The lowest BCUT2D eigenvalue weighted by atomic mass is 10.1. The maximum Gasteiger partial charge on any atom is 0.264 e. The third-order valence-electron chi connectivity index (χ3n) is 5.74. The highest BCUT2D eigenvalue weighted by molar-refractivity contribution is 7.92. The van der Waals surface area contributed by atoms with Crippen molar-refractivity contribution in [3.05, 3.63) is 94.0 Å². The van der Waals surface area contributed by atoms with Gasteiger partial charge in [0.15, 0.2) is 0 Å². The van der Waals surface area contributed by atoms with Crippen LogP contribution in [0.2, 0.25) is 10.0 Å². The standard InChI is InChI=1S/C27H29Cl2N3O4S/c1-4-30-27(34)20(3)31(17-21-8-6-5-7-9-21)26(33)18-32(24-15-22(28)14-23(29)16-24)37(35,36)25-12-10-19(2)11-13-25/h5-16,20H,4,17-18H2,1-3H3,(H,30,34)/t20-/m0/s1. The Balaban J connectivity index is 2.05. The Bertz CT molecular complexity index is 1330. The molecule has 1 atom stereocenters. The maximum atomic E-state index is 13.8. The lowest BCUT2D eigenvalue weighted by Gasteiger charge is -2.32. The molecular weight excluding hydrogens is 533 g/mol. The molecule has 0 aromatic heterocycles. The molecule has 0 fully saturated rings. The number of hydrogen-bond donors (Lipinski definition) is 1. The van der Waals surface area contributed by atoms with Gasteiger partial charge in [0.2, 0.25) is 11.8 Å². The highest BCUT2D eigenvalue weighted by atomic mass is 35.5. The number of sulfonamides is 1. The fraction of sp³-hybridized carbons (Fsp3) is 0.259. The molecular formula is C27H29Cl2N3O4S. The first-order valence-corrected chi connectivity index (χ1v) is 13.9. The van der Waals surface area contributed by atoms with Crippen molar-refractivity contribution in [3.63, 3.8) is 0 Å². The fourth-order valence-corrected chi connectivity index (χ4v) is 5.65. The first-order chi connectivity index (χ1) is 17.5. The molecule has 3 aromatic rings. The summed E-state index contributed by atoms with van der Waals surface area (Å²) in [5.74, 6) is -0.903. The first-order valence-electron chi connectivity index (χ1n) is 11.7. The summed E-state index contributed by atoms with van der Waals surface area (Å²) in [4.78, 5) is 27.8. The molecule has 0 radical (unpaired) electrons. The number of benzene rings is 3. The average molecular weight is 563 g/mol. The number of halogens is 2. The second-order valence-corrected chi connectivity index (χ2v) is 11.3. The number of aryl methyl sites for hydroxylation is 1. The van der Waals surface area contributed by atoms with Crippen LogP contribution in [0.25, 0.3) is 0 Å². The molecule has 0 aliphatic heterocycles. The first kappa shape index (κ1) is 28.5. The molecule has 3 rings (SSSR count). The molecule has 0 saturated carbocycles. The summed E-state index contributed by atoms with van der Waals surface area (Å²) in [5.41, 5.74) is 1.82. The van der Waals surface area contributed by atoms with Crippen LogP contribution in [-0.4, -0.2) is 44.3 Å². The predicted octanol–water partition coefficient (Wildman–Crippen LogP) is 5.05. The van der Waals surface area contributed by atoms with Crippen LogP contribution in [0.15, 0.2) is 77.7 Å². The average Bonchev–Trinajstić information content (AvgIpc) is 2.85. The van der Waals surface area contributed by atoms with E-state index < -0.39 is 28.5 Å². The lowest BCUT2D eigenvalue weighted by Crippen LogP contribution is -2.51. The smallest absolute Gasteiger partial charge is 0.264 e. The quantitative estimate of drug-likeness (QED) is 0.375. The minimum Gasteiger partial charge on any atom is -0.355 e. The second kappa shape index (κ2) is 12.4. The molecule has 196 valence electrons. The van der Waals surface area contributed by atoms with Gasteiger partial charge in [0.25, 0.3) is 10.0 Å². The highest BCUT2D eigenvalue weighted by Gasteiger charge is 2.32. The van der Waals surface area contributed by atoms with E-state index in [0.717, 1.165) is 15.4 Å². The SMILES string of the molecule is CCNC(=O)[C@H](C)N(Cc1ccccc1)C(=O)CN(c1cc(Cl)cc(Cl)c1)S(=O)(=O)c1ccc(C)cc1. The minimum absolute atomic E-state index is 0.00776. The van der Waals surface area contributed by atoms with Crippen molar-refractivity contribution in [2.75, 3.05) is 17.4 Å². The molecule has 0 bridgehead atoms. The van der Waals surface area contributed by atoms with Gasteiger partial charge in [0, 0.05) is 23.1 Å². The summed E-state index contributed by atoms with van der Waals surface area (Å²) < 4.78 is 28.5. The third kappa shape index (κ3) is 7.25. The molecule has 0 spiro atoms. The number of hydrogen-bond acceptors (Lipinski definition) is 4. The van der Waals surface area contributed by atoms with E-state index in [1.807, 2.05) is 37.3 Å². The van der Waals surface area contributed by atoms with E-state index in [9.17, 15) is 18.0 Å². The Morgan fingerprint density at radius 2 is 1.54 bits per heavy atom. The van der Waals surface area contributed by atoms with E-state index >= 15 is 0 Å². The van der Waals surface area contributed by atoms with Gasteiger partial charge in [-0.25, -0.2) is 8.42 Å². The van der Waals surface area contributed by atoms with Gasteiger partial charge in [-0.2, -0.15) is 0 Å². The molecule has 1 N–H and O–H groups in total. The lowest BCUT2D eigenvalue weighted by molar-refractivity contribution is -0.139. The van der Waals surface area contributed by atoms with Crippen molar-refractivity contribution in [3.8, 4) is 0 Å². The van der Waals surface area contributed by atoms with Crippen molar-refractivity contribution in [1.29, 1.82) is 0 Å². The van der Waals surface area contributed by atoms with Crippen molar-refractivity contribution in [2.24, 2.45) is 0 Å². The fourth-order valence-electron chi connectivity index (χ4n) is 3.73. The molecule has 0 unspecified atom stereocenters. The zero-order valence-corrected chi connectivity index (χ0v) is 23.1. The Hall–Kier alpha value is -3.07. The topological polar surface area (TPSA) is 86.8 Å². The Kier molecular flexibility index (Phi) is 9.59. The van der Waals surface area contributed by atoms with Crippen LogP contribution in [0.3, 0.4) is 0 Å². The Morgan fingerprint density at radius 1 is 0.946 bits per heavy atom. The van der Waals surface area contributed by atoms with Gasteiger partial charge in [-0.3, -0.25) is 13.9 Å². The van der Waals surface area contributed by atoms with Gasteiger partial charge >= 0.3 is 0 Å². The number of anilines is 1. The molecule has 0 saturated heterocycles. The van der Waals surface area contributed by atoms with Crippen LogP contribution in [0.4, 0.5) is 5.69 Å². The molecule has 0 aliphatic rings. The van der Waals surface area contributed by atoms with Gasteiger partial charge in [0.1, 0.15) is 12.6 Å². The zero-order chi connectivity index (χ0) is 27.2. The molecule has 10 heteroatoms. The summed E-state index contributed by atoms with van der Waals surface area (Å²) >= 11 is 12.4. The van der Waals surface area contributed by atoms with Crippen LogP contribution in [0.5, 0.6) is 0 Å². The van der Waals surface area contributed by atoms with Gasteiger partial charge in [-0.05, 0) is 56.7 Å². The van der Waals surface area contributed by atoms with Crippen LogP contribution in [-0.2, 0) is 26.2 Å². The van der Waals surface area contributed by atoms with Crippen molar-refractivity contribution in [2.45, 2.75) is 38.3 Å². The van der Waals surface area contributed by atoms with E-state index in [0.29, 0.717) is 6.54 Å². The van der Waals surface area contributed by atoms with Crippen LogP contribution in [0, 0.1) is 6.92 Å². The molecule has 2 amide bonds. The van der Waals surface area contributed by atoms with Crippen LogP contribution in [0.1, 0.15) is 25.0 Å². The van der Waals surface area contributed by atoms with E-state index in [2.05, 4.69) is 5.32 Å². The van der Waals surface area contributed by atoms with Crippen LogP contribution < -0.4 is 9.62 Å². The van der Waals surface area contributed by atoms with E-state index in [4.69, 9.17) is 23.2 Å². The molecule has 7 nitrogen and oxygen atoms in total. The number of amides is 2. The highest BCUT2D eigenvalue weighted by Crippen LogP contribution is 2.30. The van der Waals surface area contributed by atoms with Gasteiger partial charge < -0.3 is 10.2 Å². The summed E-state index contributed by atoms with van der Waals surface area (Å²) in [6.07, 6.45) is 0. The summed E-state index contributed by atoms with van der Waals surface area (Å²) in [6.45, 7) is 5.19. The Labute approximate surface area is 228 Å². The molecule has 0 aliphatic carbocycles. The summed E-state index contributed by atoms with van der Waals surface area (Å²) in [5, 5.41) is 3.16. The monoisotopic (exact) mass is 561 g/mol. The van der Waals surface area contributed by atoms with Gasteiger partial charge in [-0.15, -0.1) is 0 Å². The number of carbonyl (C=O) groups excluding carboxylic acids is 2. The maximum absolute atomic E-state index is 13.8. The third-order valence-corrected chi connectivity index (χ3v) is 7.96. The largest absolute Gasteiger partial charge is 0.355 e. The van der Waals surface area contributed by atoms with Crippen LogP contribution >= 0.6 is 23.2 Å². The molecule has 3 aromatic carbocycles. The van der Waals surface area contributed by atoms with Gasteiger partial charge in [-0.1, -0.05) is 71.2 Å². The molecule has 0 heterocycles. The minimum atomic E-state index is -4.19. The van der Waals surface area contributed by atoms with Gasteiger partial charge in [0.05, 0.1) is 10.6 Å². The number of carbonyl (C=O) groups is 2.